The summed E-state index contributed by atoms with van der Waals surface area (Å²) in [5.74, 6) is 1.44. The van der Waals surface area contributed by atoms with Crippen molar-refractivity contribution in [1.82, 2.24) is 0 Å². The summed E-state index contributed by atoms with van der Waals surface area (Å²) in [5, 5.41) is 0. The van der Waals surface area contributed by atoms with Crippen LogP contribution in [0.15, 0.2) is 24.3 Å². The SMILES string of the molecule is Cc1ccc(C2CCCC2CN)cc1. The van der Waals surface area contributed by atoms with Gasteiger partial charge in [-0.2, -0.15) is 0 Å². The van der Waals surface area contributed by atoms with Crippen molar-refractivity contribution >= 4 is 0 Å². The molecule has 0 radical (unpaired) electrons. The molecule has 0 bridgehead atoms. The third kappa shape index (κ3) is 1.83. The molecule has 1 saturated carbocycles. The van der Waals surface area contributed by atoms with Crippen LogP contribution in [-0.2, 0) is 0 Å². The predicted molar refractivity (Wildman–Crippen MR) is 60.3 cm³/mol. The van der Waals surface area contributed by atoms with E-state index in [9.17, 15) is 0 Å². The monoisotopic (exact) mass is 189 g/mol. The third-order valence-electron chi connectivity index (χ3n) is 3.47. The molecule has 76 valence electrons. The van der Waals surface area contributed by atoms with Gasteiger partial charge in [0.15, 0.2) is 0 Å². The highest BCUT2D eigenvalue weighted by molar-refractivity contribution is 5.25. The molecule has 0 aliphatic heterocycles. The normalized spacial score (nSPS) is 26.7. The first-order chi connectivity index (χ1) is 6.81. The molecule has 1 fully saturated rings. The number of aryl methyl sites for hydroxylation is 1. The van der Waals surface area contributed by atoms with E-state index in [0.29, 0.717) is 0 Å². The molecule has 1 aliphatic rings. The Kier molecular flexibility index (Phi) is 2.87. The Morgan fingerprint density at radius 1 is 1.21 bits per heavy atom. The summed E-state index contributed by atoms with van der Waals surface area (Å²) in [6.07, 6.45) is 3.99. The lowest BCUT2D eigenvalue weighted by Gasteiger charge is -2.18. The minimum atomic E-state index is 0.720. The molecule has 2 N–H and O–H groups in total. The van der Waals surface area contributed by atoms with Gasteiger partial charge in [-0.25, -0.2) is 0 Å². The fourth-order valence-electron chi connectivity index (χ4n) is 2.57. The van der Waals surface area contributed by atoms with Gasteiger partial charge in [-0.1, -0.05) is 36.2 Å². The second-order valence-electron chi connectivity index (χ2n) is 4.44. The summed E-state index contributed by atoms with van der Waals surface area (Å²) in [6.45, 7) is 2.98. The Hall–Kier alpha value is -0.820. The minimum Gasteiger partial charge on any atom is -0.330 e. The number of hydrogen-bond acceptors (Lipinski definition) is 1. The first kappa shape index (κ1) is 9.72. The maximum Gasteiger partial charge on any atom is -0.00430 e. The van der Waals surface area contributed by atoms with Gasteiger partial charge in [-0.15, -0.1) is 0 Å². The second kappa shape index (κ2) is 4.14. The van der Waals surface area contributed by atoms with E-state index in [0.717, 1.165) is 18.4 Å². The molecule has 0 aromatic heterocycles. The van der Waals surface area contributed by atoms with E-state index in [4.69, 9.17) is 5.73 Å². The zero-order valence-corrected chi connectivity index (χ0v) is 8.87. The average molecular weight is 189 g/mol. The largest absolute Gasteiger partial charge is 0.330 e. The van der Waals surface area contributed by atoms with Crippen LogP contribution in [0.1, 0.15) is 36.3 Å². The van der Waals surface area contributed by atoms with Crippen molar-refractivity contribution in [1.29, 1.82) is 0 Å². The highest BCUT2D eigenvalue weighted by Crippen LogP contribution is 2.38. The van der Waals surface area contributed by atoms with Crippen LogP contribution in [-0.4, -0.2) is 6.54 Å². The van der Waals surface area contributed by atoms with Crippen molar-refractivity contribution in [3.8, 4) is 0 Å². The van der Waals surface area contributed by atoms with E-state index in [-0.39, 0.29) is 0 Å². The van der Waals surface area contributed by atoms with Crippen LogP contribution >= 0.6 is 0 Å². The molecule has 0 amide bonds. The Morgan fingerprint density at radius 3 is 2.57 bits per heavy atom. The second-order valence-corrected chi connectivity index (χ2v) is 4.44. The lowest BCUT2D eigenvalue weighted by Crippen LogP contribution is -2.17. The van der Waals surface area contributed by atoms with E-state index in [1.165, 1.54) is 30.4 Å². The quantitative estimate of drug-likeness (QED) is 0.760. The summed E-state index contributed by atoms with van der Waals surface area (Å²) in [5.41, 5.74) is 8.62. The van der Waals surface area contributed by atoms with Gasteiger partial charge >= 0.3 is 0 Å². The van der Waals surface area contributed by atoms with Gasteiger partial charge in [0.2, 0.25) is 0 Å². The fourth-order valence-corrected chi connectivity index (χ4v) is 2.57. The standard InChI is InChI=1S/C13H19N/c1-10-5-7-11(8-6-10)13-4-2-3-12(13)9-14/h5-8,12-13H,2-4,9,14H2,1H3. The highest BCUT2D eigenvalue weighted by Gasteiger charge is 2.26. The van der Waals surface area contributed by atoms with Crippen LogP contribution < -0.4 is 5.73 Å². The summed E-state index contributed by atoms with van der Waals surface area (Å²) in [6, 6.07) is 8.96. The van der Waals surface area contributed by atoms with E-state index >= 15 is 0 Å². The number of benzene rings is 1. The van der Waals surface area contributed by atoms with E-state index in [1.54, 1.807) is 0 Å². The fraction of sp³-hybridized carbons (Fsp3) is 0.538. The molecule has 2 rings (SSSR count). The molecule has 0 spiro atoms. The van der Waals surface area contributed by atoms with Gasteiger partial charge in [0.25, 0.3) is 0 Å². The van der Waals surface area contributed by atoms with Crippen LogP contribution in [0.5, 0.6) is 0 Å². The molecular formula is C13H19N. The maximum atomic E-state index is 5.79. The first-order valence-corrected chi connectivity index (χ1v) is 5.58. The molecule has 1 aliphatic carbocycles. The molecule has 1 heteroatoms. The van der Waals surface area contributed by atoms with Crippen molar-refractivity contribution < 1.29 is 0 Å². The number of nitrogens with two attached hydrogens (primary N) is 1. The number of rotatable bonds is 2. The Balaban J connectivity index is 2.17. The van der Waals surface area contributed by atoms with Gasteiger partial charge in [-0.3, -0.25) is 0 Å². The van der Waals surface area contributed by atoms with Crippen LogP contribution in [0.4, 0.5) is 0 Å². The summed E-state index contributed by atoms with van der Waals surface area (Å²) in [7, 11) is 0. The molecule has 2 unspecified atom stereocenters. The van der Waals surface area contributed by atoms with Crippen molar-refractivity contribution in [2.75, 3.05) is 6.54 Å². The van der Waals surface area contributed by atoms with Crippen LogP contribution in [0.25, 0.3) is 0 Å². The van der Waals surface area contributed by atoms with Crippen LogP contribution in [0, 0.1) is 12.8 Å². The summed E-state index contributed by atoms with van der Waals surface area (Å²) < 4.78 is 0. The Labute approximate surface area is 86.3 Å². The smallest absolute Gasteiger partial charge is 0.00430 e. The lowest BCUT2D eigenvalue weighted by atomic mass is 9.89. The Bertz CT molecular complexity index is 289. The van der Waals surface area contributed by atoms with Gasteiger partial charge in [0, 0.05) is 0 Å². The van der Waals surface area contributed by atoms with Crippen molar-refractivity contribution in [2.24, 2.45) is 11.7 Å². The van der Waals surface area contributed by atoms with E-state index in [1.807, 2.05) is 0 Å². The minimum absolute atomic E-state index is 0.720. The number of hydrogen-bond donors (Lipinski definition) is 1. The molecule has 2 atom stereocenters. The van der Waals surface area contributed by atoms with Gasteiger partial charge in [-0.05, 0) is 43.7 Å². The summed E-state index contributed by atoms with van der Waals surface area (Å²) in [4.78, 5) is 0. The van der Waals surface area contributed by atoms with E-state index < -0.39 is 0 Å². The molecule has 14 heavy (non-hydrogen) atoms. The van der Waals surface area contributed by atoms with Crippen LogP contribution in [0.2, 0.25) is 0 Å². The topological polar surface area (TPSA) is 26.0 Å². The summed E-state index contributed by atoms with van der Waals surface area (Å²) >= 11 is 0. The zero-order valence-electron chi connectivity index (χ0n) is 8.87. The lowest BCUT2D eigenvalue weighted by molar-refractivity contribution is 0.496. The van der Waals surface area contributed by atoms with Gasteiger partial charge in [0.1, 0.15) is 0 Å². The average Bonchev–Trinajstić information content (AvgIpc) is 2.67. The van der Waals surface area contributed by atoms with Crippen molar-refractivity contribution in [3.63, 3.8) is 0 Å². The Morgan fingerprint density at radius 2 is 1.93 bits per heavy atom. The molecular weight excluding hydrogens is 170 g/mol. The molecule has 1 aromatic rings. The maximum absolute atomic E-state index is 5.79. The molecule has 0 saturated heterocycles. The molecule has 1 nitrogen and oxygen atoms in total. The highest BCUT2D eigenvalue weighted by atomic mass is 14.6. The molecule has 0 heterocycles. The zero-order chi connectivity index (χ0) is 9.97. The van der Waals surface area contributed by atoms with Crippen molar-refractivity contribution in [2.45, 2.75) is 32.1 Å². The third-order valence-corrected chi connectivity index (χ3v) is 3.47. The predicted octanol–water partition coefficient (Wildman–Crippen LogP) is 2.84. The molecule has 1 aromatic carbocycles. The van der Waals surface area contributed by atoms with E-state index in [2.05, 4.69) is 31.2 Å². The van der Waals surface area contributed by atoms with Gasteiger partial charge < -0.3 is 5.73 Å². The first-order valence-electron chi connectivity index (χ1n) is 5.58. The van der Waals surface area contributed by atoms with Crippen LogP contribution in [0.3, 0.4) is 0 Å². The van der Waals surface area contributed by atoms with Gasteiger partial charge in [0.05, 0.1) is 0 Å². The van der Waals surface area contributed by atoms with Crippen molar-refractivity contribution in [3.05, 3.63) is 35.4 Å².